The third-order valence-corrected chi connectivity index (χ3v) is 6.90. The highest BCUT2D eigenvalue weighted by molar-refractivity contribution is 7.88. The van der Waals surface area contributed by atoms with E-state index in [0.717, 1.165) is 0 Å². The Balaban J connectivity index is 1.68. The van der Waals surface area contributed by atoms with Crippen molar-refractivity contribution >= 4 is 39.6 Å². The number of halogens is 2. The summed E-state index contributed by atoms with van der Waals surface area (Å²) in [4.78, 5) is 12.0. The maximum absolute atomic E-state index is 13.6. The van der Waals surface area contributed by atoms with Crippen LogP contribution in [0.25, 0.3) is 0 Å². The van der Waals surface area contributed by atoms with Crippen molar-refractivity contribution in [2.75, 3.05) is 24.2 Å². The second kappa shape index (κ2) is 7.56. The number of aliphatic imine (C=N–C) groups is 2. The quantitative estimate of drug-likeness (QED) is 0.712. The van der Waals surface area contributed by atoms with E-state index in [1.54, 1.807) is 15.9 Å². The van der Waals surface area contributed by atoms with Crippen molar-refractivity contribution < 1.29 is 12.8 Å². The Morgan fingerprint density at radius 2 is 1.93 bits per heavy atom. The summed E-state index contributed by atoms with van der Waals surface area (Å²) in [6.07, 6.45) is 5.35. The smallest absolute Gasteiger partial charge is 0.211 e. The fourth-order valence-corrected chi connectivity index (χ4v) is 4.83. The van der Waals surface area contributed by atoms with E-state index in [-0.39, 0.29) is 17.0 Å². The van der Waals surface area contributed by atoms with E-state index in [4.69, 9.17) is 23.1 Å². The number of anilines is 1. The van der Waals surface area contributed by atoms with Crippen molar-refractivity contribution in [2.45, 2.75) is 18.9 Å². The van der Waals surface area contributed by atoms with Gasteiger partial charge in [-0.05, 0) is 31.0 Å². The van der Waals surface area contributed by atoms with Gasteiger partial charge in [0.1, 0.15) is 29.4 Å². The molecule has 30 heavy (non-hydrogen) atoms. The number of piperidine rings is 1. The van der Waals surface area contributed by atoms with Crippen molar-refractivity contribution in [2.24, 2.45) is 21.5 Å². The van der Waals surface area contributed by atoms with Crippen molar-refractivity contribution in [3.8, 4) is 0 Å². The molecule has 1 aromatic rings. The highest BCUT2D eigenvalue weighted by Gasteiger charge is 2.36. The number of sulfonamides is 1. The zero-order valence-corrected chi connectivity index (χ0v) is 17.7. The topological polar surface area (TPSA) is 121 Å². The molecule has 160 valence electrons. The van der Waals surface area contributed by atoms with Crippen LogP contribution in [0.5, 0.6) is 0 Å². The lowest BCUT2D eigenvalue weighted by atomic mass is 10.0. The van der Waals surface area contributed by atoms with E-state index in [0.29, 0.717) is 48.8 Å². The SMILES string of the molecule is CS(=O)(=O)N1CCC(N2C(N)=NC=C3N=CN(c4ccc(F)c(Cl)c4)C(N)=C32)CC1. The Hall–Kier alpha value is -2.63. The molecule has 4 N–H and O–H groups in total. The van der Waals surface area contributed by atoms with Crippen molar-refractivity contribution in [3.63, 3.8) is 0 Å². The molecule has 0 atom stereocenters. The summed E-state index contributed by atoms with van der Waals surface area (Å²) >= 11 is 5.92. The molecule has 0 aromatic heterocycles. The van der Waals surface area contributed by atoms with Gasteiger partial charge in [0.25, 0.3) is 0 Å². The number of guanidine groups is 1. The summed E-state index contributed by atoms with van der Waals surface area (Å²) in [5.74, 6) is 0.0560. The fourth-order valence-electron chi connectivity index (χ4n) is 3.78. The van der Waals surface area contributed by atoms with Crippen molar-refractivity contribution in [3.05, 3.63) is 52.5 Å². The Kier molecular flexibility index (Phi) is 5.20. The lowest BCUT2D eigenvalue weighted by molar-refractivity contribution is 0.234. The molecule has 0 spiro atoms. The van der Waals surface area contributed by atoms with Crippen LogP contribution in [-0.4, -0.2) is 55.3 Å². The average Bonchev–Trinajstić information content (AvgIpc) is 2.70. The van der Waals surface area contributed by atoms with Crippen LogP contribution in [0.15, 0.2) is 51.6 Å². The third kappa shape index (κ3) is 3.64. The molecule has 1 aromatic carbocycles. The maximum Gasteiger partial charge on any atom is 0.211 e. The molecule has 4 rings (SSSR count). The molecule has 9 nitrogen and oxygen atoms in total. The number of rotatable bonds is 3. The van der Waals surface area contributed by atoms with Gasteiger partial charge in [-0.2, -0.15) is 0 Å². The Morgan fingerprint density at radius 3 is 2.57 bits per heavy atom. The zero-order chi connectivity index (χ0) is 21.6. The van der Waals surface area contributed by atoms with Crippen LogP contribution < -0.4 is 16.4 Å². The monoisotopic (exact) mass is 453 g/mol. The molecule has 1 fully saturated rings. The standard InChI is InChI=1S/C18H21ClFN7O2S/c1-30(28,29)25-6-4-11(5-7-25)27-16-15(9-23-18(27)22)24-10-26(17(16)21)12-2-3-14(20)13(19)8-12/h2-3,8-11H,4-7,21H2,1H3,(H2,22,23). The minimum Gasteiger partial charge on any atom is -0.383 e. The van der Waals surface area contributed by atoms with E-state index < -0.39 is 15.8 Å². The third-order valence-electron chi connectivity index (χ3n) is 5.30. The van der Waals surface area contributed by atoms with E-state index in [1.807, 2.05) is 0 Å². The van der Waals surface area contributed by atoms with Crippen LogP contribution >= 0.6 is 11.6 Å². The van der Waals surface area contributed by atoms with Gasteiger partial charge in [0, 0.05) is 19.1 Å². The van der Waals surface area contributed by atoms with Crippen molar-refractivity contribution in [1.29, 1.82) is 0 Å². The first-order valence-electron chi connectivity index (χ1n) is 9.23. The van der Waals surface area contributed by atoms with Gasteiger partial charge in [0.15, 0.2) is 0 Å². The van der Waals surface area contributed by atoms with Crippen LogP contribution in [0.4, 0.5) is 10.1 Å². The molecule has 0 saturated carbocycles. The van der Waals surface area contributed by atoms with E-state index in [2.05, 4.69) is 9.98 Å². The lowest BCUT2D eigenvalue weighted by Crippen LogP contribution is -2.53. The van der Waals surface area contributed by atoms with Gasteiger partial charge < -0.3 is 16.4 Å². The second-order valence-electron chi connectivity index (χ2n) is 7.21. The Morgan fingerprint density at radius 1 is 1.23 bits per heavy atom. The van der Waals surface area contributed by atoms with Gasteiger partial charge in [-0.25, -0.2) is 27.1 Å². The second-order valence-corrected chi connectivity index (χ2v) is 9.60. The number of nitrogens with two attached hydrogens (primary N) is 2. The molecular weight excluding hydrogens is 433 g/mol. The predicted molar refractivity (Wildman–Crippen MR) is 115 cm³/mol. The highest BCUT2D eigenvalue weighted by atomic mass is 35.5. The van der Waals surface area contributed by atoms with Crippen LogP contribution in [0.1, 0.15) is 12.8 Å². The predicted octanol–water partition coefficient (Wildman–Crippen LogP) is 1.35. The van der Waals surface area contributed by atoms with Gasteiger partial charge in [0.2, 0.25) is 16.0 Å². The molecule has 3 heterocycles. The molecule has 0 unspecified atom stereocenters. The van der Waals surface area contributed by atoms with Gasteiger partial charge in [-0.3, -0.25) is 4.90 Å². The fraction of sp³-hybridized carbons (Fsp3) is 0.333. The largest absolute Gasteiger partial charge is 0.383 e. The van der Waals surface area contributed by atoms with E-state index >= 15 is 0 Å². The first-order valence-corrected chi connectivity index (χ1v) is 11.5. The number of nitrogens with zero attached hydrogens (tertiary/aromatic N) is 5. The van der Waals surface area contributed by atoms with Gasteiger partial charge in [0.05, 0.1) is 23.2 Å². The lowest BCUT2D eigenvalue weighted by Gasteiger charge is -2.42. The number of fused-ring (bicyclic) bond motifs is 1. The molecule has 0 amide bonds. The summed E-state index contributed by atoms with van der Waals surface area (Å²) in [7, 11) is -3.25. The van der Waals surface area contributed by atoms with Gasteiger partial charge >= 0.3 is 0 Å². The molecule has 0 radical (unpaired) electrons. The summed E-state index contributed by atoms with van der Waals surface area (Å²) in [6.45, 7) is 0.750. The molecular formula is C18H21ClFN7O2S. The first kappa shape index (κ1) is 20.6. The molecule has 3 aliphatic heterocycles. The minimum absolute atomic E-state index is 0.0326. The van der Waals surface area contributed by atoms with Gasteiger partial charge in [-0.15, -0.1) is 0 Å². The maximum atomic E-state index is 13.6. The van der Waals surface area contributed by atoms with Gasteiger partial charge in [-0.1, -0.05) is 11.6 Å². The molecule has 3 aliphatic rings. The zero-order valence-electron chi connectivity index (χ0n) is 16.2. The van der Waals surface area contributed by atoms with Crippen LogP contribution in [0.2, 0.25) is 5.02 Å². The first-order chi connectivity index (χ1) is 14.2. The van der Waals surface area contributed by atoms with Crippen molar-refractivity contribution in [1.82, 2.24) is 9.21 Å². The summed E-state index contributed by atoms with van der Waals surface area (Å²) in [6, 6.07) is 4.16. The number of benzene rings is 1. The average molecular weight is 454 g/mol. The summed E-state index contributed by atoms with van der Waals surface area (Å²) < 4.78 is 38.7. The molecule has 0 bridgehead atoms. The molecule has 12 heteroatoms. The van der Waals surface area contributed by atoms with Crippen LogP contribution in [0, 0.1) is 5.82 Å². The Bertz CT molecular complexity index is 1110. The van der Waals surface area contributed by atoms with Crippen LogP contribution in [0.3, 0.4) is 0 Å². The summed E-state index contributed by atoms with van der Waals surface area (Å²) in [5.41, 5.74) is 14.3. The van der Waals surface area contributed by atoms with E-state index in [9.17, 15) is 12.8 Å². The van der Waals surface area contributed by atoms with Crippen LogP contribution in [-0.2, 0) is 10.0 Å². The Labute approximate surface area is 178 Å². The summed E-state index contributed by atoms with van der Waals surface area (Å²) in [5, 5.41) is -0.0326. The highest BCUT2D eigenvalue weighted by Crippen LogP contribution is 2.34. The number of hydrogen-bond acceptors (Lipinski definition) is 8. The van der Waals surface area contributed by atoms with E-state index in [1.165, 1.54) is 35.2 Å². The normalized spacial score (nSPS) is 20.9. The minimum atomic E-state index is -3.25. The number of hydrogen-bond donors (Lipinski definition) is 2. The molecule has 1 saturated heterocycles. The molecule has 0 aliphatic carbocycles.